The zero-order valence-electron chi connectivity index (χ0n) is 10.5. The zero-order chi connectivity index (χ0) is 14.7. The standard InChI is InChI=1S/C14H11F2IN2O/c1-18-13-11(15)5-8(6-12(13)16)14(20)19-10-4-2-3-9(17)7-10/h2-7,18H,1H3,(H,19,20). The molecular weight excluding hydrogens is 377 g/mol. The highest BCUT2D eigenvalue weighted by Gasteiger charge is 2.14. The van der Waals surface area contributed by atoms with Gasteiger partial charge in [0.15, 0.2) is 0 Å². The van der Waals surface area contributed by atoms with E-state index >= 15 is 0 Å². The highest BCUT2D eigenvalue weighted by Crippen LogP contribution is 2.21. The molecule has 104 valence electrons. The molecule has 0 aliphatic heterocycles. The van der Waals surface area contributed by atoms with E-state index in [4.69, 9.17) is 0 Å². The van der Waals surface area contributed by atoms with Crippen LogP contribution in [0.2, 0.25) is 0 Å². The van der Waals surface area contributed by atoms with Crippen LogP contribution in [0.5, 0.6) is 0 Å². The summed E-state index contributed by atoms with van der Waals surface area (Å²) in [6.45, 7) is 0. The van der Waals surface area contributed by atoms with E-state index in [0.29, 0.717) is 5.69 Å². The van der Waals surface area contributed by atoms with Crippen LogP contribution in [0.25, 0.3) is 0 Å². The molecule has 0 aliphatic carbocycles. The van der Waals surface area contributed by atoms with Crippen molar-refractivity contribution in [3.63, 3.8) is 0 Å². The molecule has 0 heterocycles. The van der Waals surface area contributed by atoms with Crippen molar-refractivity contribution in [2.75, 3.05) is 17.7 Å². The Kier molecular flexibility index (Phi) is 4.53. The number of carbonyl (C=O) groups is 1. The molecule has 0 atom stereocenters. The van der Waals surface area contributed by atoms with Crippen molar-refractivity contribution in [2.24, 2.45) is 0 Å². The number of rotatable bonds is 3. The van der Waals surface area contributed by atoms with Crippen LogP contribution in [0.3, 0.4) is 0 Å². The smallest absolute Gasteiger partial charge is 0.255 e. The van der Waals surface area contributed by atoms with E-state index in [-0.39, 0.29) is 11.3 Å². The highest BCUT2D eigenvalue weighted by atomic mass is 127. The van der Waals surface area contributed by atoms with Gasteiger partial charge in [-0.05, 0) is 52.9 Å². The van der Waals surface area contributed by atoms with Gasteiger partial charge in [0.05, 0.1) is 0 Å². The minimum atomic E-state index is -0.805. The first-order valence-electron chi connectivity index (χ1n) is 5.75. The number of benzene rings is 2. The van der Waals surface area contributed by atoms with Crippen molar-refractivity contribution in [1.82, 2.24) is 0 Å². The first-order chi connectivity index (χ1) is 9.51. The predicted molar refractivity (Wildman–Crippen MR) is 83.0 cm³/mol. The van der Waals surface area contributed by atoms with Gasteiger partial charge in [0.25, 0.3) is 5.91 Å². The Morgan fingerprint density at radius 3 is 2.35 bits per heavy atom. The van der Waals surface area contributed by atoms with Crippen molar-refractivity contribution < 1.29 is 13.6 Å². The van der Waals surface area contributed by atoms with E-state index in [1.807, 2.05) is 6.07 Å². The third-order valence-electron chi connectivity index (χ3n) is 2.64. The molecule has 2 aromatic rings. The van der Waals surface area contributed by atoms with Crippen molar-refractivity contribution in [2.45, 2.75) is 0 Å². The van der Waals surface area contributed by atoms with E-state index in [1.54, 1.807) is 18.2 Å². The second kappa shape index (κ2) is 6.17. The van der Waals surface area contributed by atoms with E-state index in [0.717, 1.165) is 15.7 Å². The summed E-state index contributed by atoms with van der Waals surface area (Å²) in [7, 11) is 1.41. The maximum absolute atomic E-state index is 13.6. The summed E-state index contributed by atoms with van der Waals surface area (Å²) in [5.74, 6) is -2.17. The summed E-state index contributed by atoms with van der Waals surface area (Å²) in [6.07, 6.45) is 0. The van der Waals surface area contributed by atoms with Gasteiger partial charge in [0, 0.05) is 21.9 Å². The van der Waals surface area contributed by atoms with E-state index in [9.17, 15) is 13.6 Å². The highest BCUT2D eigenvalue weighted by molar-refractivity contribution is 14.1. The lowest BCUT2D eigenvalue weighted by Crippen LogP contribution is -2.13. The second-order valence-electron chi connectivity index (χ2n) is 4.03. The molecule has 0 spiro atoms. The number of carbonyl (C=O) groups excluding carboxylic acids is 1. The predicted octanol–water partition coefficient (Wildman–Crippen LogP) is 3.86. The molecule has 0 fully saturated rings. The molecule has 0 saturated carbocycles. The summed E-state index contributed by atoms with van der Waals surface area (Å²) in [4.78, 5) is 12.0. The number of amides is 1. The quantitative estimate of drug-likeness (QED) is 0.785. The maximum Gasteiger partial charge on any atom is 0.255 e. The van der Waals surface area contributed by atoms with E-state index in [1.165, 1.54) is 7.05 Å². The fraction of sp³-hybridized carbons (Fsp3) is 0.0714. The third kappa shape index (κ3) is 3.24. The molecule has 3 nitrogen and oxygen atoms in total. The van der Waals surface area contributed by atoms with Crippen molar-refractivity contribution in [1.29, 1.82) is 0 Å². The Labute approximate surface area is 128 Å². The average molecular weight is 388 g/mol. The lowest BCUT2D eigenvalue weighted by Gasteiger charge is -2.09. The van der Waals surface area contributed by atoms with Crippen LogP contribution < -0.4 is 10.6 Å². The fourth-order valence-electron chi connectivity index (χ4n) is 1.71. The monoisotopic (exact) mass is 388 g/mol. The molecule has 2 N–H and O–H groups in total. The molecule has 6 heteroatoms. The Bertz CT molecular complexity index is 638. The van der Waals surface area contributed by atoms with Gasteiger partial charge >= 0.3 is 0 Å². The van der Waals surface area contributed by atoms with Gasteiger partial charge in [-0.1, -0.05) is 6.07 Å². The molecule has 0 aliphatic rings. The summed E-state index contributed by atoms with van der Waals surface area (Å²) >= 11 is 2.11. The summed E-state index contributed by atoms with van der Waals surface area (Å²) in [5, 5.41) is 5.00. The zero-order valence-corrected chi connectivity index (χ0v) is 12.7. The van der Waals surface area contributed by atoms with E-state index in [2.05, 4.69) is 33.2 Å². The van der Waals surface area contributed by atoms with Crippen molar-refractivity contribution in [3.8, 4) is 0 Å². The normalized spacial score (nSPS) is 10.2. The molecular formula is C14H11F2IN2O. The summed E-state index contributed by atoms with van der Waals surface area (Å²) in [5.41, 5.74) is 0.245. The number of hydrogen-bond acceptors (Lipinski definition) is 2. The first-order valence-corrected chi connectivity index (χ1v) is 6.83. The fourth-order valence-corrected chi connectivity index (χ4v) is 2.26. The number of halogens is 3. The molecule has 1 amide bonds. The molecule has 0 bridgehead atoms. The van der Waals surface area contributed by atoms with Crippen LogP contribution in [-0.2, 0) is 0 Å². The molecule has 0 radical (unpaired) electrons. The van der Waals surface area contributed by atoms with Gasteiger partial charge in [-0.2, -0.15) is 0 Å². The van der Waals surface area contributed by atoms with Gasteiger partial charge < -0.3 is 10.6 Å². The Balaban J connectivity index is 2.26. The van der Waals surface area contributed by atoms with Crippen LogP contribution in [0.1, 0.15) is 10.4 Å². The van der Waals surface area contributed by atoms with Crippen LogP contribution >= 0.6 is 22.6 Å². The molecule has 0 unspecified atom stereocenters. The third-order valence-corrected chi connectivity index (χ3v) is 3.31. The Morgan fingerprint density at radius 2 is 1.80 bits per heavy atom. The largest absolute Gasteiger partial charge is 0.383 e. The van der Waals surface area contributed by atoms with Crippen LogP contribution in [0, 0.1) is 15.2 Å². The average Bonchev–Trinajstić information content (AvgIpc) is 2.38. The number of anilines is 2. The Hall–Kier alpha value is -1.70. The molecule has 0 aromatic heterocycles. The first kappa shape index (κ1) is 14.7. The molecule has 20 heavy (non-hydrogen) atoms. The molecule has 2 rings (SSSR count). The number of nitrogens with one attached hydrogen (secondary N) is 2. The summed E-state index contributed by atoms with van der Waals surface area (Å²) < 4.78 is 28.1. The second-order valence-corrected chi connectivity index (χ2v) is 5.27. The molecule has 0 saturated heterocycles. The lowest BCUT2D eigenvalue weighted by molar-refractivity contribution is 0.102. The van der Waals surface area contributed by atoms with Crippen molar-refractivity contribution in [3.05, 3.63) is 57.2 Å². The Morgan fingerprint density at radius 1 is 1.15 bits per heavy atom. The van der Waals surface area contributed by atoms with Crippen LogP contribution in [-0.4, -0.2) is 13.0 Å². The molecule has 2 aromatic carbocycles. The SMILES string of the molecule is CNc1c(F)cc(C(=O)Nc2cccc(I)c2)cc1F. The van der Waals surface area contributed by atoms with Gasteiger partial charge in [-0.15, -0.1) is 0 Å². The van der Waals surface area contributed by atoms with Crippen molar-refractivity contribution >= 4 is 39.9 Å². The minimum absolute atomic E-state index is 0.0714. The maximum atomic E-state index is 13.6. The minimum Gasteiger partial charge on any atom is -0.383 e. The van der Waals surface area contributed by atoms with E-state index < -0.39 is 17.5 Å². The summed E-state index contributed by atoms with van der Waals surface area (Å²) in [6, 6.07) is 9.11. The lowest BCUT2D eigenvalue weighted by atomic mass is 10.1. The van der Waals surface area contributed by atoms with Crippen LogP contribution in [0.4, 0.5) is 20.2 Å². The van der Waals surface area contributed by atoms with Gasteiger partial charge in [-0.3, -0.25) is 4.79 Å². The van der Waals surface area contributed by atoms with Gasteiger partial charge in [0.2, 0.25) is 0 Å². The van der Waals surface area contributed by atoms with Crippen LogP contribution in [0.15, 0.2) is 36.4 Å². The van der Waals surface area contributed by atoms with Gasteiger partial charge in [-0.25, -0.2) is 8.78 Å². The topological polar surface area (TPSA) is 41.1 Å². The number of hydrogen-bond donors (Lipinski definition) is 2. The van der Waals surface area contributed by atoms with Gasteiger partial charge in [0.1, 0.15) is 17.3 Å².